The Morgan fingerprint density at radius 2 is 2.38 bits per heavy atom. The zero-order valence-electron chi connectivity index (χ0n) is 9.22. The highest BCUT2D eigenvalue weighted by molar-refractivity contribution is 7.16. The third-order valence-electron chi connectivity index (χ3n) is 3.24. The zero-order chi connectivity index (χ0) is 11.2. The summed E-state index contributed by atoms with van der Waals surface area (Å²) in [6.45, 7) is 3.87. The van der Waals surface area contributed by atoms with Gasteiger partial charge in [-0.3, -0.25) is 4.79 Å². The molecular weight excluding hydrogens is 222 g/mol. The molecule has 1 aromatic heterocycles. The van der Waals surface area contributed by atoms with E-state index < -0.39 is 0 Å². The maximum atomic E-state index is 12.0. The number of carbonyl (C=O) groups is 1. The van der Waals surface area contributed by atoms with Gasteiger partial charge in [-0.1, -0.05) is 6.92 Å². The molecule has 0 aromatic carbocycles. The van der Waals surface area contributed by atoms with Gasteiger partial charge in [0.15, 0.2) is 0 Å². The number of fused-ring (bicyclic) bond motifs is 1. The van der Waals surface area contributed by atoms with Gasteiger partial charge < -0.3 is 16.0 Å². The zero-order valence-corrected chi connectivity index (χ0v) is 10.0. The Morgan fingerprint density at radius 1 is 1.50 bits per heavy atom. The maximum absolute atomic E-state index is 12.0. The average molecular weight is 237 g/mol. The summed E-state index contributed by atoms with van der Waals surface area (Å²) in [6.07, 6.45) is 1.93. The summed E-state index contributed by atoms with van der Waals surface area (Å²) in [5.41, 5.74) is 0.555. The van der Waals surface area contributed by atoms with E-state index in [-0.39, 0.29) is 11.6 Å². The molecule has 2 aliphatic heterocycles. The lowest BCUT2D eigenvalue weighted by molar-refractivity contribution is 0.0908. The van der Waals surface area contributed by atoms with Crippen LogP contribution >= 0.6 is 11.3 Å². The number of hydrogen-bond donors (Lipinski definition) is 3. The highest BCUT2D eigenvalue weighted by atomic mass is 32.1. The fourth-order valence-electron chi connectivity index (χ4n) is 2.32. The molecule has 1 unspecified atom stereocenters. The molecule has 0 radical (unpaired) electrons. The largest absolute Gasteiger partial charge is 0.353 e. The Balaban J connectivity index is 1.98. The SMILES string of the molecule is CCc1cc2c(s1)NC1(CCNC1)NC2=O. The molecule has 2 aliphatic rings. The molecule has 3 N–H and O–H groups in total. The van der Waals surface area contributed by atoms with E-state index in [4.69, 9.17) is 0 Å². The molecule has 1 aromatic rings. The third-order valence-corrected chi connectivity index (χ3v) is 4.43. The monoisotopic (exact) mass is 237 g/mol. The van der Waals surface area contributed by atoms with Crippen molar-refractivity contribution in [3.05, 3.63) is 16.5 Å². The minimum Gasteiger partial charge on any atom is -0.353 e. The van der Waals surface area contributed by atoms with E-state index in [2.05, 4.69) is 22.9 Å². The standard InChI is InChI=1S/C11H15N3OS/c1-2-7-5-8-9(15)13-11(3-4-12-6-11)14-10(8)16-7/h5,12,14H,2-4,6H2,1H3,(H,13,15). The van der Waals surface area contributed by atoms with Crippen molar-refractivity contribution in [1.82, 2.24) is 10.6 Å². The Morgan fingerprint density at radius 3 is 3.06 bits per heavy atom. The molecule has 1 amide bonds. The van der Waals surface area contributed by atoms with Crippen LogP contribution in [0.4, 0.5) is 5.00 Å². The van der Waals surface area contributed by atoms with Gasteiger partial charge in [-0.15, -0.1) is 11.3 Å². The molecule has 3 rings (SSSR count). The van der Waals surface area contributed by atoms with Gasteiger partial charge in [0.2, 0.25) is 0 Å². The number of nitrogens with one attached hydrogen (secondary N) is 3. The first-order valence-corrected chi connectivity index (χ1v) is 6.48. The molecule has 0 aliphatic carbocycles. The minimum atomic E-state index is -0.250. The molecule has 3 heterocycles. The van der Waals surface area contributed by atoms with Crippen LogP contribution in [-0.2, 0) is 6.42 Å². The molecule has 1 saturated heterocycles. The third kappa shape index (κ3) is 1.43. The van der Waals surface area contributed by atoms with Crippen molar-refractivity contribution < 1.29 is 4.79 Å². The maximum Gasteiger partial charge on any atom is 0.256 e. The topological polar surface area (TPSA) is 53.2 Å². The summed E-state index contributed by atoms with van der Waals surface area (Å²) < 4.78 is 0. The van der Waals surface area contributed by atoms with E-state index in [9.17, 15) is 4.79 Å². The molecule has 1 fully saturated rings. The first kappa shape index (κ1) is 10.1. The Hall–Kier alpha value is -1.07. The van der Waals surface area contributed by atoms with Gasteiger partial charge in [-0.2, -0.15) is 0 Å². The molecule has 0 saturated carbocycles. The second kappa shape index (κ2) is 3.46. The van der Waals surface area contributed by atoms with Crippen LogP contribution in [0.1, 0.15) is 28.6 Å². The van der Waals surface area contributed by atoms with E-state index >= 15 is 0 Å². The van der Waals surface area contributed by atoms with Gasteiger partial charge in [0, 0.05) is 17.8 Å². The van der Waals surface area contributed by atoms with Crippen LogP contribution in [0.3, 0.4) is 0 Å². The summed E-state index contributed by atoms with van der Waals surface area (Å²) in [5, 5.41) is 10.9. The summed E-state index contributed by atoms with van der Waals surface area (Å²) in [5.74, 6) is 0.0633. The van der Waals surface area contributed by atoms with Gasteiger partial charge in [-0.25, -0.2) is 0 Å². The van der Waals surface area contributed by atoms with Gasteiger partial charge in [0.25, 0.3) is 5.91 Å². The van der Waals surface area contributed by atoms with E-state index in [0.717, 1.165) is 36.5 Å². The summed E-state index contributed by atoms with van der Waals surface area (Å²) >= 11 is 1.70. The number of aryl methyl sites for hydroxylation is 1. The van der Waals surface area contributed by atoms with E-state index in [1.807, 2.05) is 6.07 Å². The Labute approximate surface area is 98.4 Å². The van der Waals surface area contributed by atoms with Gasteiger partial charge in [-0.05, 0) is 19.0 Å². The van der Waals surface area contributed by atoms with Gasteiger partial charge in [0.05, 0.1) is 5.56 Å². The Bertz CT molecular complexity index is 434. The van der Waals surface area contributed by atoms with Crippen LogP contribution < -0.4 is 16.0 Å². The smallest absolute Gasteiger partial charge is 0.256 e. The molecule has 5 heteroatoms. The van der Waals surface area contributed by atoms with Crippen LogP contribution in [0.5, 0.6) is 0 Å². The number of carbonyl (C=O) groups excluding carboxylic acids is 1. The molecular formula is C11H15N3OS. The first-order valence-electron chi connectivity index (χ1n) is 5.66. The van der Waals surface area contributed by atoms with Crippen LogP contribution in [-0.4, -0.2) is 24.7 Å². The highest BCUT2D eigenvalue weighted by Crippen LogP contribution is 2.35. The normalized spacial score (nSPS) is 27.7. The Kier molecular flexibility index (Phi) is 2.19. The fourth-order valence-corrected chi connectivity index (χ4v) is 3.41. The molecule has 1 spiro atoms. The van der Waals surface area contributed by atoms with Crippen molar-refractivity contribution in [2.75, 3.05) is 18.4 Å². The minimum absolute atomic E-state index is 0.0633. The van der Waals surface area contributed by atoms with Crippen molar-refractivity contribution in [2.24, 2.45) is 0 Å². The van der Waals surface area contributed by atoms with E-state index in [1.54, 1.807) is 11.3 Å². The lowest BCUT2D eigenvalue weighted by Crippen LogP contribution is -2.58. The summed E-state index contributed by atoms with van der Waals surface area (Å²) in [4.78, 5) is 13.3. The summed E-state index contributed by atoms with van der Waals surface area (Å²) in [6, 6.07) is 2.00. The van der Waals surface area contributed by atoms with Crippen molar-refractivity contribution in [1.29, 1.82) is 0 Å². The average Bonchev–Trinajstić information content (AvgIpc) is 2.85. The number of rotatable bonds is 1. The quantitative estimate of drug-likeness (QED) is 0.687. The van der Waals surface area contributed by atoms with Crippen LogP contribution in [0, 0.1) is 0 Å². The second-order valence-corrected chi connectivity index (χ2v) is 5.53. The molecule has 0 bridgehead atoms. The summed E-state index contributed by atoms with van der Waals surface area (Å²) in [7, 11) is 0. The predicted molar refractivity (Wildman–Crippen MR) is 65.0 cm³/mol. The van der Waals surface area contributed by atoms with Gasteiger partial charge >= 0.3 is 0 Å². The molecule has 4 nitrogen and oxygen atoms in total. The van der Waals surface area contributed by atoms with Crippen LogP contribution in [0.2, 0.25) is 0 Å². The van der Waals surface area contributed by atoms with Crippen molar-refractivity contribution in [3.63, 3.8) is 0 Å². The fraction of sp³-hybridized carbons (Fsp3) is 0.545. The van der Waals surface area contributed by atoms with Crippen molar-refractivity contribution >= 4 is 22.2 Å². The number of thiophene rings is 1. The van der Waals surface area contributed by atoms with Crippen molar-refractivity contribution in [3.8, 4) is 0 Å². The number of amides is 1. The second-order valence-electron chi connectivity index (χ2n) is 4.40. The van der Waals surface area contributed by atoms with Crippen LogP contribution in [0.15, 0.2) is 6.07 Å². The van der Waals surface area contributed by atoms with E-state index in [0.29, 0.717) is 0 Å². The number of anilines is 1. The number of hydrogen-bond acceptors (Lipinski definition) is 4. The highest BCUT2D eigenvalue weighted by Gasteiger charge is 2.40. The van der Waals surface area contributed by atoms with Crippen LogP contribution in [0.25, 0.3) is 0 Å². The lowest BCUT2D eigenvalue weighted by Gasteiger charge is -2.35. The van der Waals surface area contributed by atoms with Gasteiger partial charge in [0.1, 0.15) is 10.7 Å². The van der Waals surface area contributed by atoms with Crippen molar-refractivity contribution in [2.45, 2.75) is 25.4 Å². The van der Waals surface area contributed by atoms with E-state index in [1.165, 1.54) is 4.88 Å². The predicted octanol–water partition coefficient (Wildman–Crippen LogP) is 1.16. The first-order chi connectivity index (χ1) is 7.72. The molecule has 16 heavy (non-hydrogen) atoms. The lowest BCUT2D eigenvalue weighted by atomic mass is 10.1. The molecule has 86 valence electrons. The molecule has 1 atom stereocenters.